The zero-order valence-electron chi connectivity index (χ0n) is 43.9. The Kier molecular flexibility index (Phi) is 20.0. The molecule has 2 aromatic heterocycles. The lowest BCUT2D eigenvalue weighted by Crippen LogP contribution is -2.08. The molecule has 7 rings (SSSR count). The number of halogens is 1. The Morgan fingerprint density at radius 1 is 0.598 bits per heavy atom. The van der Waals surface area contributed by atoms with Gasteiger partial charge in [-0.3, -0.25) is 22.6 Å². The van der Waals surface area contributed by atoms with Crippen LogP contribution in [0.1, 0.15) is 52.6 Å². The fourth-order valence-corrected chi connectivity index (χ4v) is 12.3. The number of nitriles is 1. The van der Waals surface area contributed by atoms with Gasteiger partial charge in [-0.05, 0) is 148 Å². The Bertz CT molecular complexity index is 4290. The molecule has 0 amide bonds. The molecule has 5 N–H and O–H groups in total. The first kappa shape index (κ1) is 62.8. The van der Waals surface area contributed by atoms with Crippen molar-refractivity contribution in [2.24, 2.45) is 40.9 Å². The highest BCUT2D eigenvalue weighted by Crippen LogP contribution is 2.44. The van der Waals surface area contributed by atoms with Crippen molar-refractivity contribution in [3.05, 3.63) is 111 Å². The lowest BCUT2D eigenvalue weighted by Gasteiger charge is -2.12. The highest BCUT2D eigenvalue weighted by molar-refractivity contribution is 7.99. The maximum absolute atomic E-state index is 12.3. The molecule has 0 aliphatic rings. The van der Waals surface area contributed by atoms with Crippen molar-refractivity contribution in [1.82, 2.24) is 9.38 Å². The molecule has 0 aliphatic heterocycles. The Morgan fingerprint density at radius 2 is 1.07 bits per heavy atom. The van der Waals surface area contributed by atoms with E-state index < -0.39 is 68.5 Å². The van der Waals surface area contributed by atoms with Crippen molar-refractivity contribution in [2.75, 3.05) is 35.4 Å². The quantitative estimate of drug-likeness (QED) is 0.0162. The maximum atomic E-state index is 12.3. The van der Waals surface area contributed by atoms with E-state index in [9.17, 15) is 62.3 Å². The molecule has 0 fully saturated rings. The molecule has 0 atom stereocenters. The number of thioether (sulfide) groups is 2. The molecule has 0 unspecified atom stereocenters. The number of azo groups is 4. The van der Waals surface area contributed by atoms with Gasteiger partial charge >= 0.3 is 0 Å². The topological polar surface area (TPSA) is 387 Å². The van der Waals surface area contributed by atoms with E-state index in [4.69, 9.17) is 16.3 Å². The lowest BCUT2D eigenvalue weighted by molar-refractivity contribution is 0.317. The van der Waals surface area contributed by atoms with Gasteiger partial charge in [0.15, 0.2) is 11.3 Å². The van der Waals surface area contributed by atoms with Crippen LogP contribution >= 0.6 is 35.1 Å². The van der Waals surface area contributed by atoms with Crippen LogP contribution in [0, 0.1) is 45.9 Å². The summed E-state index contributed by atoms with van der Waals surface area (Å²) in [5.74, 6) is -1.76. The van der Waals surface area contributed by atoms with Gasteiger partial charge in [0.1, 0.15) is 33.5 Å². The zero-order chi connectivity index (χ0) is 59.9. The predicted octanol–water partition coefficient (Wildman–Crippen LogP) is 13.6. The summed E-state index contributed by atoms with van der Waals surface area (Å²) in [4.78, 5) is 4.81. The Labute approximate surface area is 484 Å². The highest BCUT2D eigenvalue weighted by Gasteiger charge is 2.26. The molecule has 0 saturated carbocycles. The summed E-state index contributed by atoms with van der Waals surface area (Å²) >= 11 is 8.49. The smallest absolute Gasteiger partial charge is 0.296 e. The van der Waals surface area contributed by atoms with Crippen molar-refractivity contribution < 1.29 is 61.7 Å². The number of aryl methyl sites for hydroxylation is 4. The third-order valence-corrected chi connectivity index (χ3v) is 17.7. The number of aromatic hydroxyl groups is 1. The van der Waals surface area contributed by atoms with E-state index >= 15 is 0 Å². The Morgan fingerprint density at radius 3 is 1.59 bits per heavy atom. The third-order valence-electron chi connectivity index (χ3n) is 11.9. The van der Waals surface area contributed by atoms with Gasteiger partial charge in [-0.25, -0.2) is 4.98 Å². The highest BCUT2D eigenvalue weighted by atomic mass is 35.5. The van der Waals surface area contributed by atoms with Crippen LogP contribution in [0.2, 0.25) is 5.02 Å². The van der Waals surface area contributed by atoms with E-state index in [1.807, 2.05) is 6.07 Å². The molecule has 0 spiro atoms. The minimum Gasteiger partial charge on any atom is -0.493 e. The van der Waals surface area contributed by atoms with Gasteiger partial charge in [-0.2, -0.15) is 59.4 Å². The molecule has 5 aromatic carbocycles. The molecule has 25 nitrogen and oxygen atoms in total. The summed E-state index contributed by atoms with van der Waals surface area (Å²) in [6.45, 7) is 7.99. The molecular weight excluding hydrogens is 1210 g/mol. The van der Waals surface area contributed by atoms with Gasteiger partial charge in [0.2, 0.25) is 5.88 Å². The van der Waals surface area contributed by atoms with Crippen molar-refractivity contribution in [3.63, 3.8) is 0 Å². The summed E-state index contributed by atoms with van der Waals surface area (Å²) in [5, 5.41) is 58.2. The zero-order valence-corrected chi connectivity index (χ0v) is 49.6. The van der Waals surface area contributed by atoms with Crippen LogP contribution in [0.3, 0.4) is 0 Å². The Balaban J connectivity index is 1.27. The number of ether oxygens (including phenoxy) is 1. The van der Waals surface area contributed by atoms with Crippen molar-refractivity contribution in [2.45, 2.75) is 68.6 Å². The fourth-order valence-electron chi connectivity index (χ4n) is 7.81. The number of hydrogen-bond acceptors (Lipinski definition) is 22. The molecule has 0 aliphatic carbocycles. The largest absolute Gasteiger partial charge is 0.493 e. The van der Waals surface area contributed by atoms with E-state index in [1.165, 1.54) is 48.6 Å². The van der Waals surface area contributed by atoms with E-state index in [1.54, 1.807) is 76.2 Å². The molecule has 0 saturated heterocycles. The van der Waals surface area contributed by atoms with Crippen LogP contribution in [0.25, 0.3) is 16.7 Å². The molecule has 2 heterocycles. The molecule has 0 radical (unpaired) electrons. The fraction of sp³-hybridized carbons (Fsp3) is 0.280. The number of rotatable bonds is 24. The minimum atomic E-state index is -4.80. The second kappa shape index (κ2) is 26.2. The van der Waals surface area contributed by atoms with Crippen LogP contribution < -0.4 is 4.74 Å². The first-order valence-electron chi connectivity index (χ1n) is 24.2. The number of fused-ring (bicyclic) bond motifs is 3. The monoisotopic (exact) mass is 1260 g/mol. The molecule has 7 aromatic rings. The summed E-state index contributed by atoms with van der Waals surface area (Å²) in [6.07, 6.45) is 0.00436. The Hall–Kier alpha value is -6.83. The van der Waals surface area contributed by atoms with Crippen molar-refractivity contribution in [1.29, 1.82) is 5.26 Å². The second-order valence-corrected chi connectivity index (χ2v) is 27.0. The molecule has 432 valence electrons. The molecule has 32 heteroatoms. The number of hydrogen-bond donors (Lipinski definition) is 5. The maximum Gasteiger partial charge on any atom is 0.296 e. The van der Waals surface area contributed by atoms with Crippen LogP contribution in [0.4, 0.5) is 45.5 Å². The average molecular weight is 1260 g/mol. The minimum absolute atomic E-state index is 0.0188. The van der Waals surface area contributed by atoms with Crippen LogP contribution in [0.15, 0.2) is 128 Å². The second-order valence-electron chi connectivity index (χ2n) is 18.2. The van der Waals surface area contributed by atoms with E-state index in [0.717, 1.165) is 10.5 Å². The van der Waals surface area contributed by atoms with Gasteiger partial charge in [-0.1, -0.05) is 17.7 Å². The predicted molar refractivity (Wildman–Crippen MR) is 310 cm³/mol. The molecular formula is C50H50ClN11O14S6. The summed E-state index contributed by atoms with van der Waals surface area (Å²) in [7, 11) is -17.7. The first-order valence-corrected chi connectivity index (χ1v) is 32.8. The summed E-state index contributed by atoms with van der Waals surface area (Å²) in [5.41, 5.74) is 3.93. The summed E-state index contributed by atoms with van der Waals surface area (Å²) < 4.78 is 139. The van der Waals surface area contributed by atoms with E-state index in [0.29, 0.717) is 65.5 Å². The van der Waals surface area contributed by atoms with Crippen LogP contribution in [-0.2, 0) is 40.5 Å². The third kappa shape index (κ3) is 16.5. The summed E-state index contributed by atoms with van der Waals surface area (Å²) in [6, 6.07) is 21.0. The SMILES string of the molecule is Cc1cc(N=Nc2cc(SCCCS(=O)(=O)O)c(N=Nc3cc(OCCCS(=O)(=O)O)c(N=Nc4c(C)c(C#N)c5nc6c(S(=O)(=O)O)ccc(C)c6n5c4O)cc3C)cc2C)c(SCCCS(=O)(=O)O)cc1N=Nc1ccc(Cl)cc1. The molecule has 82 heavy (non-hydrogen) atoms. The van der Waals surface area contributed by atoms with Crippen molar-refractivity contribution >= 4 is 138 Å². The van der Waals surface area contributed by atoms with E-state index in [2.05, 4.69) is 45.9 Å². The van der Waals surface area contributed by atoms with Gasteiger partial charge < -0.3 is 9.84 Å². The van der Waals surface area contributed by atoms with Crippen LogP contribution in [-0.4, -0.2) is 102 Å². The van der Waals surface area contributed by atoms with Crippen LogP contribution in [0.5, 0.6) is 11.6 Å². The normalized spacial score (nSPS) is 12.8. The average Bonchev–Trinajstić information content (AvgIpc) is 3.88. The first-order chi connectivity index (χ1) is 38.5. The number of aromatic nitrogens is 2. The van der Waals surface area contributed by atoms with Gasteiger partial charge in [0.05, 0.1) is 63.5 Å². The molecule has 0 bridgehead atoms. The standard InChI is InChI=1S/C50H50ClN11O14S6/c1-28-9-14-45(82(73,74)75)47-48(28)62-49(53-47)35(27-52)32(5)46(50(62)63)61-58-39-21-29(2)36(24-42(39)76-15-6-18-79(64,65)66)56-59-40-23-31(4)38(26-44(40)78-17-8-20-81(70,71)72)57-60-41-22-30(3)37(55-54-34-12-10-33(51)11-13-34)25-43(41)77-16-7-19-80(67,68)69/h9-14,21-26,63H,6-8,15-20H2,1-5H3,(H,64,65,66)(H,67,68,69)(H,70,71,72)(H,73,74,75). The van der Waals surface area contributed by atoms with E-state index in [-0.39, 0.29) is 88.0 Å². The number of pyridine rings is 1. The van der Waals surface area contributed by atoms with Crippen molar-refractivity contribution in [3.8, 4) is 17.7 Å². The van der Waals surface area contributed by atoms with Gasteiger partial charge in [-0.15, -0.1) is 44.0 Å². The number of imidazole rings is 1. The number of nitrogens with zero attached hydrogens (tertiary/aromatic N) is 11. The van der Waals surface area contributed by atoms with Gasteiger partial charge in [0, 0.05) is 26.4 Å². The lowest BCUT2D eigenvalue weighted by atomic mass is 10.1. The number of benzene rings is 5. The van der Waals surface area contributed by atoms with Gasteiger partial charge in [0.25, 0.3) is 40.5 Å².